The van der Waals surface area contributed by atoms with Gasteiger partial charge in [0, 0.05) is 18.4 Å². The number of hydrogen-bond donors (Lipinski definition) is 3. The van der Waals surface area contributed by atoms with Crippen LogP contribution in [-0.4, -0.2) is 84.3 Å². The molecule has 0 fully saturated rings. The van der Waals surface area contributed by atoms with Crippen LogP contribution in [-0.2, 0) is 51.5 Å². The third-order valence-electron chi connectivity index (χ3n) is 6.32. The molecule has 0 radical (unpaired) electrons. The van der Waals surface area contributed by atoms with Gasteiger partial charge >= 0.3 is 39.8 Å². The largest absolute Gasteiger partial charge is 0.534 e. The summed E-state index contributed by atoms with van der Waals surface area (Å²) in [5, 5.41) is 13.7. The Bertz CT molecular complexity index is 1860. The van der Waals surface area contributed by atoms with Crippen LogP contribution in [0.5, 0.6) is 5.75 Å². The predicted octanol–water partition coefficient (Wildman–Crippen LogP) is 6.50. The Morgan fingerprint density at radius 1 is 0.621 bits per heavy atom. The van der Waals surface area contributed by atoms with Gasteiger partial charge in [-0.05, 0) is 118 Å². The molecule has 0 aliphatic rings. The van der Waals surface area contributed by atoms with Crippen LogP contribution in [0.4, 0.5) is 22.8 Å². The Kier molecular flexibility index (Phi) is 18.1. The fourth-order valence-corrected chi connectivity index (χ4v) is 4.68. The van der Waals surface area contributed by atoms with Crippen LogP contribution >= 0.6 is 0 Å². The number of alkyl halides is 3. The zero-order valence-corrected chi connectivity index (χ0v) is 35.7. The highest BCUT2D eigenvalue weighted by molar-refractivity contribution is 7.88. The summed E-state index contributed by atoms with van der Waals surface area (Å²) in [6.45, 7) is 20.2. The maximum atomic E-state index is 12.5. The maximum Gasteiger partial charge on any atom is 0.534 e. The predicted molar refractivity (Wildman–Crippen MR) is 208 cm³/mol. The second-order valence-corrected chi connectivity index (χ2v) is 18.2. The lowest BCUT2D eigenvalue weighted by Crippen LogP contribution is -2.47. The molecule has 0 aliphatic heterocycles. The van der Waals surface area contributed by atoms with E-state index in [1.165, 1.54) is 12.1 Å². The summed E-state index contributed by atoms with van der Waals surface area (Å²) in [4.78, 5) is 49.3. The number of alkyl carbamates (subject to hydrolysis) is 2. The second-order valence-electron chi connectivity index (χ2n) is 16.7. The summed E-state index contributed by atoms with van der Waals surface area (Å²) in [6.07, 6.45) is -1.38. The molecule has 0 saturated heterocycles. The van der Waals surface area contributed by atoms with Crippen LogP contribution in [0.2, 0.25) is 0 Å². The van der Waals surface area contributed by atoms with Crippen molar-refractivity contribution in [2.45, 2.75) is 136 Å². The lowest BCUT2D eigenvalue weighted by atomic mass is 10.0. The molecule has 2 atom stereocenters. The Morgan fingerprint density at radius 2 is 0.966 bits per heavy atom. The summed E-state index contributed by atoms with van der Waals surface area (Å²) < 4.78 is 84.5. The summed E-state index contributed by atoms with van der Waals surface area (Å²) >= 11 is 0. The lowest BCUT2D eigenvalue weighted by molar-refractivity contribution is -0.158. The summed E-state index contributed by atoms with van der Waals surface area (Å²) in [5.41, 5.74) is -6.59. The van der Waals surface area contributed by atoms with E-state index in [4.69, 9.17) is 24.1 Å². The fraction of sp³-hybridized carbons (Fsp3) is 0.550. The van der Waals surface area contributed by atoms with Gasteiger partial charge in [0.15, 0.2) is 0 Å². The van der Waals surface area contributed by atoms with Gasteiger partial charge in [0.25, 0.3) is 0 Å². The Hall–Kier alpha value is -5.02. The van der Waals surface area contributed by atoms with Gasteiger partial charge < -0.3 is 38.9 Å². The number of carbonyl (C=O) groups excluding carboxylic acids is 4. The minimum atomic E-state index is -5.80. The lowest BCUT2D eigenvalue weighted by Gasteiger charge is -2.26. The number of ether oxygens (including phenoxy) is 4. The minimum absolute atomic E-state index is 0.0968. The van der Waals surface area contributed by atoms with Crippen molar-refractivity contribution in [3.05, 3.63) is 65.2 Å². The number of carbonyl (C=O) groups is 4. The Morgan fingerprint density at radius 3 is 1.28 bits per heavy atom. The molecule has 0 unspecified atom stereocenters. The van der Waals surface area contributed by atoms with Crippen molar-refractivity contribution in [3.63, 3.8) is 0 Å². The van der Waals surface area contributed by atoms with Gasteiger partial charge in [-0.1, -0.05) is 36.1 Å². The second kappa shape index (κ2) is 20.6. The monoisotopic (exact) mass is 844 g/mol. The highest BCUT2D eigenvalue weighted by atomic mass is 32.2. The highest BCUT2D eigenvalue weighted by Gasteiger charge is 2.48. The van der Waals surface area contributed by atoms with Gasteiger partial charge in [0.2, 0.25) is 0 Å². The molecular weight excluding hydrogens is 790 g/mol. The zero-order chi connectivity index (χ0) is 44.9. The van der Waals surface area contributed by atoms with Gasteiger partial charge in [-0.2, -0.15) is 21.6 Å². The van der Waals surface area contributed by atoms with Crippen molar-refractivity contribution in [3.8, 4) is 17.6 Å². The minimum Gasteiger partial charge on any atom is -0.458 e. The normalized spacial score (nSPS) is 13.2. The van der Waals surface area contributed by atoms with Gasteiger partial charge in [0.05, 0.1) is 0 Å². The molecule has 3 N–H and O–H groups in total. The van der Waals surface area contributed by atoms with Crippen LogP contribution < -0.4 is 14.8 Å². The first-order chi connectivity index (χ1) is 26.2. The summed E-state index contributed by atoms with van der Waals surface area (Å²) in [7, 11) is -5.80. The van der Waals surface area contributed by atoms with Gasteiger partial charge in [0.1, 0.15) is 46.8 Å². The van der Waals surface area contributed by atoms with E-state index in [-0.39, 0.29) is 19.4 Å². The summed E-state index contributed by atoms with van der Waals surface area (Å²) in [5.74, 6) is 3.54. The van der Waals surface area contributed by atoms with Crippen molar-refractivity contribution in [2.75, 3.05) is 6.61 Å². The van der Waals surface area contributed by atoms with Crippen molar-refractivity contribution in [1.29, 1.82) is 0 Å². The molecule has 0 spiro atoms. The average Bonchev–Trinajstić information content (AvgIpc) is 3.01. The van der Waals surface area contributed by atoms with E-state index in [1.807, 2.05) is 12.1 Å². The topological polar surface area (TPSA) is 193 Å². The first-order valence-electron chi connectivity index (χ1n) is 17.9. The van der Waals surface area contributed by atoms with Gasteiger partial charge in [-0.3, -0.25) is 0 Å². The van der Waals surface area contributed by atoms with E-state index < -0.39 is 80.0 Å². The number of aliphatic hydroxyl groups is 1. The van der Waals surface area contributed by atoms with E-state index in [9.17, 15) is 40.8 Å². The van der Waals surface area contributed by atoms with Crippen molar-refractivity contribution >= 4 is 34.2 Å². The molecular formula is C40H55F3N2O12S. The van der Waals surface area contributed by atoms with Crippen LogP contribution in [0.3, 0.4) is 0 Å². The van der Waals surface area contributed by atoms with Crippen LogP contribution in [0.15, 0.2) is 48.5 Å². The average molecular weight is 845 g/mol. The molecule has 0 heterocycles. The number of benzene rings is 2. The molecule has 14 nitrogen and oxygen atoms in total. The number of halogens is 3. The number of aliphatic hydroxyl groups excluding tert-OH is 1. The molecule has 58 heavy (non-hydrogen) atoms. The van der Waals surface area contributed by atoms with E-state index in [0.29, 0.717) is 5.56 Å². The number of hydrogen-bond acceptors (Lipinski definition) is 12. The molecule has 18 heteroatoms. The van der Waals surface area contributed by atoms with Gasteiger partial charge in [-0.25, -0.2) is 19.2 Å². The molecule has 0 saturated carbocycles. The van der Waals surface area contributed by atoms with Crippen molar-refractivity contribution < 1.29 is 69.0 Å². The standard InChI is InChI=1S/C21H29NO5.C19H26F3NO7S/c1-20(2,3)26-18(24)17(22-19(25)27-21(4,5)6)14-16-11-9-15(10-12-16)8-7-13-23;1-17(2,3)28-15(24)14(23-16(25)29-18(4,5)6)11-12-7-9-13(10-8-12)30-31(26,27)19(20,21)22/h9-12,17,23H,13-14H2,1-6H3,(H,22,25);7-10,14H,11H2,1-6H3,(H,23,25)/t17-;14-/m00/s1. The quantitative estimate of drug-likeness (QED) is 0.0775. The van der Waals surface area contributed by atoms with E-state index in [2.05, 4.69) is 26.7 Å². The molecule has 324 valence electrons. The maximum absolute atomic E-state index is 12.5. The third-order valence-corrected chi connectivity index (χ3v) is 7.30. The molecule has 0 bridgehead atoms. The highest BCUT2D eigenvalue weighted by Crippen LogP contribution is 2.27. The van der Waals surface area contributed by atoms with Crippen molar-refractivity contribution in [1.82, 2.24) is 10.6 Å². The van der Waals surface area contributed by atoms with Crippen molar-refractivity contribution in [2.24, 2.45) is 0 Å². The molecule has 0 aromatic heterocycles. The first kappa shape index (κ1) is 51.0. The number of rotatable bonds is 10. The molecule has 2 aromatic carbocycles. The third kappa shape index (κ3) is 21.5. The first-order valence-corrected chi connectivity index (χ1v) is 19.3. The van der Waals surface area contributed by atoms with E-state index >= 15 is 0 Å². The molecule has 2 aromatic rings. The Balaban J connectivity index is 0.000000586. The number of amides is 2. The zero-order valence-electron chi connectivity index (χ0n) is 34.9. The number of nitrogens with one attached hydrogen (secondary N) is 2. The SMILES string of the molecule is CC(C)(C)OC(=O)N[C@@H](Cc1ccc(C#CCO)cc1)C(=O)OC(C)(C)C.CC(C)(C)OC(=O)N[C@@H](Cc1ccc(OS(=O)(=O)C(F)(F)F)cc1)C(=O)OC(C)(C)C. The smallest absolute Gasteiger partial charge is 0.458 e. The van der Waals surface area contributed by atoms with E-state index in [0.717, 1.165) is 23.3 Å². The number of esters is 2. The van der Waals surface area contributed by atoms with Crippen LogP contribution in [0, 0.1) is 11.8 Å². The van der Waals surface area contributed by atoms with E-state index in [1.54, 1.807) is 95.2 Å². The Labute approximate surface area is 338 Å². The molecule has 2 rings (SSSR count). The van der Waals surface area contributed by atoms with Crippen LogP contribution in [0.25, 0.3) is 0 Å². The molecule has 2 amide bonds. The fourth-order valence-electron chi connectivity index (χ4n) is 4.22. The summed E-state index contributed by atoms with van der Waals surface area (Å²) in [6, 6.07) is 9.68. The van der Waals surface area contributed by atoms with Gasteiger partial charge in [-0.15, -0.1) is 0 Å². The van der Waals surface area contributed by atoms with Crippen LogP contribution in [0.1, 0.15) is 99.8 Å². The molecule has 0 aliphatic carbocycles.